The summed E-state index contributed by atoms with van der Waals surface area (Å²) in [5.74, 6) is -1.68. The summed E-state index contributed by atoms with van der Waals surface area (Å²) in [6, 6.07) is 0. The van der Waals surface area contributed by atoms with Crippen molar-refractivity contribution in [3.63, 3.8) is 0 Å². The second kappa shape index (κ2) is 9.22. The van der Waals surface area contributed by atoms with Crippen molar-refractivity contribution in [1.82, 2.24) is 4.90 Å². The topological polar surface area (TPSA) is 102 Å². The van der Waals surface area contributed by atoms with Crippen molar-refractivity contribution in [1.29, 1.82) is 0 Å². The van der Waals surface area contributed by atoms with Crippen molar-refractivity contribution in [3.8, 4) is 0 Å². The van der Waals surface area contributed by atoms with Gasteiger partial charge in [0, 0.05) is 18.8 Å². The van der Waals surface area contributed by atoms with E-state index in [0.717, 1.165) is 4.90 Å². The first kappa shape index (κ1) is 17.3. The molecule has 0 saturated carbocycles. The second-order valence-corrected chi connectivity index (χ2v) is 4.14. The molecule has 1 rings (SSSR count). The Morgan fingerprint density at radius 2 is 1.90 bits per heavy atom. The molecule has 2 amide bonds. The highest BCUT2D eigenvalue weighted by Crippen LogP contribution is 2.04. The largest absolute Gasteiger partial charge is 0.481 e. The van der Waals surface area contributed by atoms with Crippen LogP contribution >= 0.6 is 0 Å². The Morgan fingerprint density at radius 3 is 2.48 bits per heavy atom. The zero-order chi connectivity index (χ0) is 15.7. The molecular weight excluding hydrogens is 282 g/mol. The summed E-state index contributed by atoms with van der Waals surface area (Å²) in [5, 5.41) is 8.48. The number of carbonyl (C=O) groups excluding carboxylic acids is 2. The molecule has 1 heterocycles. The third-order valence-electron chi connectivity index (χ3n) is 2.59. The number of rotatable bonds is 11. The maximum atomic E-state index is 11.3. The van der Waals surface area contributed by atoms with Crippen LogP contribution in [0.4, 0.5) is 0 Å². The average Bonchev–Trinajstić information content (AvgIpc) is 2.74. The van der Waals surface area contributed by atoms with Crippen molar-refractivity contribution in [2.24, 2.45) is 0 Å². The Hall–Kier alpha value is -1.77. The molecule has 0 aliphatic carbocycles. The molecule has 1 aliphatic heterocycles. The van der Waals surface area contributed by atoms with Gasteiger partial charge in [-0.25, -0.2) is 0 Å². The van der Waals surface area contributed by atoms with E-state index < -0.39 is 12.3 Å². The number of hydrogen-bond acceptors (Lipinski definition) is 6. The van der Waals surface area contributed by atoms with Crippen LogP contribution in [0.5, 0.6) is 0 Å². The van der Waals surface area contributed by atoms with Gasteiger partial charge in [0.05, 0.1) is 32.8 Å². The molecule has 0 aromatic rings. The first-order valence-corrected chi connectivity index (χ1v) is 6.61. The molecule has 0 aromatic carbocycles. The molecule has 1 unspecified atom stereocenters. The first-order valence-electron chi connectivity index (χ1n) is 6.61. The minimum Gasteiger partial charge on any atom is -0.481 e. The Labute approximate surface area is 122 Å². The van der Waals surface area contributed by atoms with Crippen LogP contribution in [-0.4, -0.2) is 67.1 Å². The van der Waals surface area contributed by atoms with Gasteiger partial charge in [0.1, 0.15) is 0 Å². The molecule has 0 radical (unpaired) electrons. The zero-order valence-electron chi connectivity index (χ0n) is 11.8. The highest BCUT2D eigenvalue weighted by atomic mass is 16.7. The van der Waals surface area contributed by atoms with Crippen molar-refractivity contribution in [2.45, 2.75) is 19.6 Å². The maximum Gasteiger partial charge on any atom is 0.305 e. The molecule has 0 spiro atoms. The minimum absolute atomic E-state index is 0.0648. The summed E-state index contributed by atoms with van der Waals surface area (Å²) in [4.78, 5) is 34.0. The Morgan fingerprint density at radius 1 is 1.24 bits per heavy atom. The predicted octanol–water partition coefficient (Wildman–Crippen LogP) is -0.218. The number of imide groups is 1. The number of carboxylic acids is 1. The van der Waals surface area contributed by atoms with Gasteiger partial charge >= 0.3 is 5.97 Å². The summed E-state index contributed by atoms with van der Waals surface area (Å²) < 4.78 is 15.8. The SMILES string of the molecule is CCOC(COCCC(=O)O)OCCN1C(=O)C=CC1=O. The van der Waals surface area contributed by atoms with Gasteiger partial charge in [-0.05, 0) is 6.92 Å². The Balaban J connectivity index is 2.22. The maximum absolute atomic E-state index is 11.3. The number of aliphatic carboxylic acids is 1. The van der Waals surface area contributed by atoms with Crippen molar-refractivity contribution in [3.05, 3.63) is 12.2 Å². The third-order valence-corrected chi connectivity index (χ3v) is 2.59. The highest BCUT2D eigenvalue weighted by molar-refractivity contribution is 6.12. The van der Waals surface area contributed by atoms with Crippen LogP contribution in [0.2, 0.25) is 0 Å². The van der Waals surface area contributed by atoms with E-state index in [1.165, 1.54) is 12.2 Å². The van der Waals surface area contributed by atoms with Gasteiger partial charge in [0.15, 0.2) is 6.29 Å². The molecule has 0 fully saturated rings. The lowest BCUT2D eigenvalue weighted by Gasteiger charge is -2.20. The van der Waals surface area contributed by atoms with Crippen LogP contribution in [0.3, 0.4) is 0 Å². The molecule has 0 saturated heterocycles. The standard InChI is InChI=1S/C13H19NO7/c1-2-20-13(9-19-7-5-12(17)18)21-8-6-14-10(15)3-4-11(14)16/h3-4,13H,2,5-9H2,1H3,(H,17,18). The van der Waals surface area contributed by atoms with E-state index >= 15 is 0 Å². The van der Waals surface area contributed by atoms with E-state index in [1.54, 1.807) is 6.92 Å². The highest BCUT2D eigenvalue weighted by Gasteiger charge is 2.23. The van der Waals surface area contributed by atoms with Crippen LogP contribution in [0.25, 0.3) is 0 Å². The Kier molecular flexibility index (Phi) is 7.59. The van der Waals surface area contributed by atoms with E-state index in [2.05, 4.69) is 0 Å². The number of nitrogens with zero attached hydrogens (tertiary/aromatic N) is 1. The fraction of sp³-hybridized carbons (Fsp3) is 0.615. The van der Waals surface area contributed by atoms with Crippen LogP contribution in [0.15, 0.2) is 12.2 Å². The summed E-state index contributed by atoms with van der Waals surface area (Å²) in [6.07, 6.45) is 1.65. The molecule has 21 heavy (non-hydrogen) atoms. The van der Waals surface area contributed by atoms with E-state index in [0.29, 0.717) is 6.61 Å². The number of ether oxygens (including phenoxy) is 3. The van der Waals surface area contributed by atoms with Crippen LogP contribution in [0.1, 0.15) is 13.3 Å². The lowest BCUT2D eigenvalue weighted by Crippen LogP contribution is -2.35. The summed E-state index contributed by atoms with van der Waals surface area (Å²) in [7, 11) is 0. The van der Waals surface area contributed by atoms with Crippen molar-refractivity contribution in [2.75, 3.05) is 33.0 Å². The smallest absolute Gasteiger partial charge is 0.305 e. The normalized spacial score (nSPS) is 15.8. The number of hydrogen-bond donors (Lipinski definition) is 1. The monoisotopic (exact) mass is 301 g/mol. The van der Waals surface area contributed by atoms with Gasteiger partial charge in [-0.3, -0.25) is 19.3 Å². The molecule has 1 aliphatic rings. The first-order chi connectivity index (χ1) is 10.0. The van der Waals surface area contributed by atoms with Crippen molar-refractivity contribution < 1.29 is 33.7 Å². The zero-order valence-corrected chi connectivity index (χ0v) is 11.8. The van der Waals surface area contributed by atoms with E-state index in [-0.39, 0.29) is 44.6 Å². The van der Waals surface area contributed by atoms with E-state index in [4.69, 9.17) is 19.3 Å². The van der Waals surface area contributed by atoms with Gasteiger partial charge in [-0.1, -0.05) is 0 Å². The number of carboxylic acid groups (broad SMARTS) is 1. The van der Waals surface area contributed by atoms with Gasteiger partial charge in [0.2, 0.25) is 0 Å². The van der Waals surface area contributed by atoms with E-state index in [1.807, 2.05) is 0 Å². The second-order valence-electron chi connectivity index (χ2n) is 4.14. The fourth-order valence-electron chi connectivity index (χ4n) is 1.60. The Bertz CT molecular complexity index is 389. The quantitative estimate of drug-likeness (QED) is 0.320. The lowest BCUT2D eigenvalue weighted by molar-refractivity contribution is -0.174. The summed E-state index contributed by atoms with van der Waals surface area (Å²) in [6.45, 7) is 2.58. The molecule has 8 nitrogen and oxygen atoms in total. The number of amides is 2. The summed E-state index contributed by atoms with van der Waals surface area (Å²) in [5.41, 5.74) is 0. The van der Waals surface area contributed by atoms with Crippen LogP contribution < -0.4 is 0 Å². The number of carbonyl (C=O) groups is 3. The predicted molar refractivity (Wildman–Crippen MR) is 70.3 cm³/mol. The van der Waals surface area contributed by atoms with Crippen molar-refractivity contribution >= 4 is 17.8 Å². The molecule has 1 N–H and O–H groups in total. The lowest BCUT2D eigenvalue weighted by atomic mass is 10.5. The molecule has 118 valence electrons. The van der Waals surface area contributed by atoms with Gasteiger partial charge in [-0.2, -0.15) is 0 Å². The molecule has 1 atom stereocenters. The molecule has 0 bridgehead atoms. The van der Waals surface area contributed by atoms with E-state index in [9.17, 15) is 14.4 Å². The van der Waals surface area contributed by atoms with Crippen LogP contribution in [0, 0.1) is 0 Å². The minimum atomic E-state index is -0.942. The average molecular weight is 301 g/mol. The molecule has 8 heteroatoms. The molecule has 0 aromatic heterocycles. The van der Waals surface area contributed by atoms with Gasteiger partial charge < -0.3 is 19.3 Å². The van der Waals surface area contributed by atoms with Gasteiger partial charge in [0.25, 0.3) is 11.8 Å². The van der Waals surface area contributed by atoms with Gasteiger partial charge in [-0.15, -0.1) is 0 Å². The van der Waals surface area contributed by atoms with Crippen LogP contribution in [-0.2, 0) is 28.6 Å². The third kappa shape index (κ3) is 6.48. The summed E-state index contributed by atoms with van der Waals surface area (Å²) >= 11 is 0. The fourth-order valence-corrected chi connectivity index (χ4v) is 1.60. The molecular formula is C13H19NO7.